The number of hydrogen-bond acceptors (Lipinski definition) is 3. The molecule has 0 aromatic heterocycles. The van der Waals surface area contributed by atoms with Gasteiger partial charge >= 0.3 is 0 Å². The molecule has 0 saturated carbocycles. The van der Waals surface area contributed by atoms with E-state index in [4.69, 9.17) is 10.5 Å². The molecule has 5 nitrogen and oxygen atoms in total. The molecule has 0 radical (unpaired) electrons. The van der Waals surface area contributed by atoms with Crippen LogP contribution in [0.1, 0.15) is 36.2 Å². The zero-order valence-corrected chi connectivity index (χ0v) is 13.9. The minimum atomic E-state index is -0.654. The number of aryl methyl sites for hydroxylation is 1. The van der Waals surface area contributed by atoms with Crippen molar-refractivity contribution in [3.05, 3.63) is 59.7 Å². The van der Waals surface area contributed by atoms with Crippen LogP contribution >= 0.6 is 0 Å². The Hall–Kier alpha value is -2.82. The summed E-state index contributed by atoms with van der Waals surface area (Å²) in [4.78, 5) is 23.9. The van der Waals surface area contributed by atoms with Crippen molar-refractivity contribution in [1.29, 1.82) is 0 Å². The van der Waals surface area contributed by atoms with Gasteiger partial charge in [-0.3, -0.25) is 9.59 Å². The number of ether oxygens (including phenoxy) is 1. The third kappa shape index (κ3) is 4.35. The highest BCUT2D eigenvalue weighted by atomic mass is 16.5. The number of benzene rings is 2. The third-order valence-corrected chi connectivity index (χ3v) is 3.72. The highest BCUT2D eigenvalue weighted by molar-refractivity contribution is 6.04. The quantitative estimate of drug-likeness (QED) is 0.820. The number of anilines is 1. The van der Waals surface area contributed by atoms with Crippen LogP contribution in [0, 0.1) is 0 Å². The van der Waals surface area contributed by atoms with Crippen molar-refractivity contribution < 1.29 is 14.3 Å². The molecule has 126 valence electrons. The molecule has 2 rings (SSSR count). The van der Waals surface area contributed by atoms with Gasteiger partial charge in [-0.05, 0) is 42.7 Å². The summed E-state index contributed by atoms with van der Waals surface area (Å²) in [5.41, 5.74) is 7.19. The molecular formula is C19H22N2O3. The predicted molar refractivity (Wildman–Crippen MR) is 94.1 cm³/mol. The average Bonchev–Trinajstić information content (AvgIpc) is 2.60. The molecular weight excluding hydrogens is 304 g/mol. The van der Waals surface area contributed by atoms with Gasteiger partial charge in [0, 0.05) is 0 Å². The lowest BCUT2D eigenvalue weighted by molar-refractivity contribution is -0.122. The Morgan fingerprint density at radius 3 is 2.33 bits per heavy atom. The number of hydrogen-bond donors (Lipinski definition) is 2. The number of rotatable bonds is 7. The third-order valence-electron chi connectivity index (χ3n) is 3.72. The summed E-state index contributed by atoms with van der Waals surface area (Å²) < 4.78 is 5.77. The molecule has 0 aliphatic heterocycles. The molecule has 1 atom stereocenters. The van der Waals surface area contributed by atoms with Crippen LogP contribution < -0.4 is 15.8 Å². The first-order chi connectivity index (χ1) is 11.5. The van der Waals surface area contributed by atoms with Crippen molar-refractivity contribution in [3.63, 3.8) is 0 Å². The normalized spacial score (nSPS) is 11.6. The predicted octanol–water partition coefficient (Wildman–Crippen LogP) is 3.14. The van der Waals surface area contributed by atoms with E-state index in [0.717, 1.165) is 6.42 Å². The Labute approximate surface area is 141 Å². The van der Waals surface area contributed by atoms with Gasteiger partial charge in [-0.25, -0.2) is 0 Å². The van der Waals surface area contributed by atoms with E-state index in [9.17, 15) is 9.59 Å². The van der Waals surface area contributed by atoms with Crippen molar-refractivity contribution in [2.45, 2.75) is 32.8 Å². The Kier molecular flexibility index (Phi) is 5.95. The average molecular weight is 326 g/mol. The van der Waals surface area contributed by atoms with E-state index < -0.39 is 12.0 Å². The first-order valence-corrected chi connectivity index (χ1v) is 8.00. The van der Waals surface area contributed by atoms with Crippen LogP contribution in [0.15, 0.2) is 48.5 Å². The number of para-hydroxylation sites is 1. The van der Waals surface area contributed by atoms with Crippen LogP contribution in [0.4, 0.5) is 5.69 Å². The highest BCUT2D eigenvalue weighted by Crippen LogP contribution is 2.18. The fourth-order valence-corrected chi connectivity index (χ4v) is 2.31. The minimum Gasteiger partial charge on any atom is -0.481 e. The second-order valence-corrected chi connectivity index (χ2v) is 5.41. The summed E-state index contributed by atoms with van der Waals surface area (Å²) in [6.45, 7) is 3.94. The Morgan fingerprint density at radius 2 is 1.75 bits per heavy atom. The van der Waals surface area contributed by atoms with Crippen molar-refractivity contribution in [2.24, 2.45) is 5.73 Å². The van der Waals surface area contributed by atoms with Gasteiger partial charge in [0.15, 0.2) is 6.10 Å². The molecule has 0 aliphatic carbocycles. The van der Waals surface area contributed by atoms with E-state index in [0.29, 0.717) is 17.9 Å². The molecule has 0 unspecified atom stereocenters. The molecule has 3 N–H and O–H groups in total. The minimum absolute atomic E-state index is 0.271. The number of amides is 2. The van der Waals surface area contributed by atoms with Crippen molar-refractivity contribution in [3.8, 4) is 5.75 Å². The maximum absolute atomic E-state index is 12.5. The van der Waals surface area contributed by atoms with Crippen LogP contribution in [0.3, 0.4) is 0 Å². The smallest absolute Gasteiger partial charge is 0.265 e. The molecule has 24 heavy (non-hydrogen) atoms. The van der Waals surface area contributed by atoms with E-state index in [1.807, 2.05) is 31.2 Å². The number of primary amides is 1. The standard InChI is InChI=1S/C19H22N2O3/c1-3-13-9-11-14(12-10-13)24-17(4-2)19(23)21-16-8-6-5-7-15(16)18(20)22/h5-12,17H,3-4H2,1-2H3,(H2,20,22)(H,21,23)/t17-/m0/s1. The van der Waals surface area contributed by atoms with Crippen molar-refractivity contribution in [1.82, 2.24) is 0 Å². The van der Waals surface area contributed by atoms with E-state index in [-0.39, 0.29) is 11.5 Å². The largest absolute Gasteiger partial charge is 0.481 e. The van der Waals surface area contributed by atoms with Gasteiger partial charge in [0.1, 0.15) is 5.75 Å². The second-order valence-electron chi connectivity index (χ2n) is 5.41. The summed E-state index contributed by atoms with van der Waals surface area (Å²) in [5, 5.41) is 2.72. The topological polar surface area (TPSA) is 81.4 Å². The number of carbonyl (C=O) groups excluding carboxylic acids is 2. The van der Waals surface area contributed by atoms with Crippen LogP contribution in [-0.4, -0.2) is 17.9 Å². The Bertz CT molecular complexity index is 711. The van der Waals surface area contributed by atoms with E-state index >= 15 is 0 Å². The van der Waals surface area contributed by atoms with E-state index in [2.05, 4.69) is 12.2 Å². The summed E-state index contributed by atoms with van der Waals surface area (Å²) in [6.07, 6.45) is 0.792. The lowest BCUT2D eigenvalue weighted by atomic mass is 10.1. The lowest BCUT2D eigenvalue weighted by Crippen LogP contribution is -2.33. The molecule has 2 aromatic rings. The maximum atomic E-state index is 12.5. The molecule has 0 fully saturated rings. The molecule has 2 aromatic carbocycles. The molecule has 0 bridgehead atoms. The van der Waals surface area contributed by atoms with Gasteiger partial charge in [-0.1, -0.05) is 38.1 Å². The highest BCUT2D eigenvalue weighted by Gasteiger charge is 2.20. The molecule has 0 heterocycles. The Morgan fingerprint density at radius 1 is 1.08 bits per heavy atom. The van der Waals surface area contributed by atoms with Crippen LogP contribution in [0.5, 0.6) is 5.75 Å². The SMILES string of the molecule is CCc1ccc(O[C@@H](CC)C(=O)Nc2ccccc2C(N)=O)cc1. The van der Waals surface area contributed by atoms with Crippen molar-refractivity contribution in [2.75, 3.05) is 5.32 Å². The van der Waals surface area contributed by atoms with Crippen molar-refractivity contribution >= 4 is 17.5 Å². The molecule has 0 spiro atoms. The fourth-order valence-electron chi connectivity index (χ4n) is 2.31. The lowest BCUT2D eigenvalue weighted by Gasteiger charge is -2.18. The maximum Gasteiger partial charge on any atom is 0.265 e. The summed E-state index contributed by atoms with van der Waals surface area (Å²) >= 11 is 0. The van der Waals surface area contributed by atoms with Gasteiger partial charge in [-0.15, -0.1) is 0 Å². The Balaban J connectivity index is 2.10. The van der Waals surface area contributed by atoms with Gasteiger partial charge < -0.3 is 15.8 Å². The molecule has 0 saturated heterocycles. The summed E-state index contributed by atoms with van der Waals surface area (Å²) in [6, 6.07) is 14.3. The molecule has 2 amide bonds. The zero-order valence-electron chi connectivity index (χ0n) is 13.9. The molecule has 5 heteroatoms. The van der Waals surface area contributed by atoms with Gasteiger partial charge in [0.2, 0.25) is 0 Å². The number of carbonyl (C=O) groups is 2. The molecule has 0 aliphatic rings. The van der Waals surface area contributed by atoms with Gasteiger partial charge in [-0.2, -0.15) is 0 Å². The van der Waals surface area contributed by atoms with E-state index in [1.54, 1.807) is 24.3 Å². The van der Waals surface area contributed by atoms with Gasteiger partial charge in [0.25, 0.3) is 11.8 Å². The van der Waals surface area contributed by atoms with Crippen LogP contribution in [-0.2, 0) is 11.2 Å². The first-order valence-electron chi connectivity index (χ1n) is 8.00. The summed E-state index contributed by atoms with van der Waals surface area (Å²) in [7, 11) is 0. The van der Waals surface area contributed by atoms with Gasteiger partial charge in [0.05, 0.1) is 11.3 Å². The number of nitrogens with two attached hydrogens (primary N) is 1. The fraction of sp³-hybridized carbons (Fsp3) is 0.263. The van der Waals surface area contributed by atoms with E-state index in [1.165, 1.54) is 5.56 Å². The number of nitrogens with one attached hydrogen (secondary N) is 1. The second kappa shape index (κ2) is 8.15. The van der Waals surface area contributed by atoms with Crippen LogP contribution in [0.25, 0.3) is 0 Å². The monoisotopic (exact) mass is 326 g/mol. The van der Waals surface area contributed by atoms with Crippen LogP contribution in [0.2, 0.25) is 0 Å². The summed E-state index contributed by atoms with van der Waals surface area (Å²) in [5.74, 6) is -0.266. The first kappa shape index (κ1) is 17.5. The zero-order chi connectivity index (χ0) is 17.5.